The number of thiophene rings is 1. The number of rotatable bonds is 6. The molecule has 1 unspecified atom stereocenters. The molecule has 26 heavy (non-hydrogen) atoms. The van der Waals surface area contributed by atoms with Gasteiger partial charge in [-0.15, -0.1) is 11.3 Å². The van der Waals surface area contributed by atoms with Crippen molar-refractivity contribution in [2.45, 2.75) is 68.6 Å². The van der Waals surface area contributed by atoms with Crippen LogP contribution in [-0.4, -0.2) is 27.7 Å². The van der Waals surface area contributed by atoms with E-state index in [1.807, 2.05) is 6.92 Å². The van der Waals surface area contributed by atoms with Crippen LogP contribution < -0.4 is 5.32 Å². The third kappa shape index (κ3) is 3.81. The van der Waals surface area contributed by atoms with Crippen LogP contribution in [0.1, 0.15) is 55.9 Å². The van der Waals surface area contributed by atoms with Crippen molar-refractivity contribution in [1.82, 2.24) is 15.3 Å². The molecule has 4 rings (SSSR count). The van der Waals surface area contributed by atoms with E-state index in [9.17, 15) is 4.79 Å². The normalized spacial score (nSPS) is 17.8. The number of hydrogen-bond donors (Lipinski definition) is 1. The second kappa shape index (κ2) is 8.09. The average Bonchev–Trinajstić information content (AvgIpc) is 3.23. The first-order valence-corrected chi connectivity index (χ1v) is 11.3. The second-order valence-electron chi connectivity index (χ2n) is 7.13. The van der Waals surface area contributed by atoms with Gasteiger partial charge in [-0.1, -0.05) is 23.4 Å². The summed E-state index contributed by atoms with van der Waals surface area (Å²) in [5.41, 5.74) is 2.92. The Labute approximate surface area is 162 Å². The zero-order valence-corrected chi connectivity index (χ0v) is 16.8. The molecule has 2 heterocycles. The van der Waals surface area contributed by atoms with E-state index >= 15 is 0 Å². The van der Waals surface area contributed by atoms with E-state index < -0.39 is 0 Å². The van der Waals surface area contributed by atoms with E-state index in [0.29, 0.717) is 0 Å². The van der Waals surface area contributed by atoms with Gasteiger partial charge in [-0.25, -0.2) is 9.97 Å². The Morgan fingerprint density at radius 2 is 2.19 bits per heavy atom. The molecule has 2 aliphatic rings. The molecule has 0 aromatic carbocycles. The van der Waals surface area contributed by atoms with Gasteiger partial charge in [-0.05, 0) is 63.9 Å². The zero-order valence-electron chi connectivity index (χ0n) is 15.2. The molecule has 138 valence electrons. The minimum absolute atomic E-state index is 0.102. The molecule has 0 radical (unpaired) electrons. The van der Waals surface area contributed by atoms with Crippen LogP contribution in [0.5, 0.6) is 0 Å². The van der Waals surface area contributed by atoms with Crippen LogP contribution in [0.2, 0.25) is 0 Å². The lowest BCUT2D eigenvalue weighted by Crippen LogP contribution is -2.32. The highest BCUT2D eigenvalue weighted by Gasteiger charge is 2.23. The predicted octanol–water partition coefficient (Wildman–Crippen LogP) is 4.67. The average molecular weight is 388 g/mol. The van der Waals surface area contributed by atoms with E-state index in [2.05, 4.69) is 21.4 Å². The van der Waals surface area contributed by atoms with Crippen LogP contribution in [0.3, 0.4) is 0 Å². The molecule has 0 saturated carbocycles. The fourth-order valence-electron chi connectivity index (χ4n) is 3.83. The number of aryl methyl sites for hydroxylation is 2. The van der Waals surface area contributed by atoms with E-state index in [0.717, 1.165) is 35.7 Å². The Morgan fingerprint density at radius 3 is 3.04 bits per heavy atom. The first kappa shape index (κ1) is 18.0. The third-order valence-electron chi connectivity index (χ3n) is 5.25. The summed E-state index contributed by atoms with van der Waals surface area (Å²) in [7, 11) is 0. The van der Waals surface area contributed by atoms with Crippen molar-refractivity contribution in [3.8, 4) is 0 Å². The maximum absolute atomic E-state index is 12.5. The van der Waals surface area contributed by atoms with Crippen molar-refractivity contribution in [2.24, 2.45) is 0 Å². The number of carbonyl (C=O) groups excluding carboxylic acids is 1. The number of nitrogens with one attached hydrogen (secondary N) is 1. The molecule has 0 spiro atoms. The lowest BCUT2D eigenvalue weighted by molar-refractivity contribution is -0.120. The van der Waals surface area contributed by atoms with Crippen molar-refractivity contribution < 1.29 is 4.79 Å². The first-order chi connectivity index (χ1) is 12.7. The minimum atomic E-state index is -0.148. The van der Waals surface area contributed by atoms with Crippen LogP contribution in [0.15, 0.2) is 23.0 Å². The topological polar surface area (TPSA) is 54.9 Å². The Kier molecular flexibility index (Phi) is 5.60. The van der Waals surface area contributed by atoms with Gasteiger partial charge >= 0.3 is 0 Å². The highest BCUT2D eigenvalue weighted by molar-refractivity contribution is 8.00. The number of aromatic nitrogens is 2. The molecule has 0 aliphatic heterocycles. The number of nitrogens with zero attached hydrogens (tertiary/aromatic N) is 2. The number of thioether (sulfide) groups is 1. The Hall–Kier alpha value is -1.40. The van der Waals surface area contributed by atoms with Crippen LogP contribution >= 0.6 is 23.1 Å². The first-order valence-electron chi connectivity index (χ1n) is 9.60. The summed E-state index contributed by atoms with van der Waals surface area (Å²) < 4.78 is 0. The molecule has 2 aromatic rings. The van der Waals surface area contributed by atoms with E-state index in [-0.39, 0.29) is 11.2 Å². The number of amides is 1. The van der Waals surface area contributed by atoms with Gasteiger partial charge in [0.2, 0.25) is 5.91 Å². The highest BCUT2D eigenvalue weighted by Crippen LogP contribution is 2.40. The quantitative estimate of drug-likeness (QED) is 0.445. The molecule has 6 heteroatoms. The molecule has 0 fully saturated rings. The Bertz CT molecular complexity index is 843. The molecule has 1 N–H and O–H groups in total. The van der Waals surface area contributed by atoms with E-state index in [1.165, 1.54) is 53.5 Å². The standard InChI is InChI=1S/C20H25N3OS2/c1-13(18(24)21-11-10-14-6-3-2-4-7-14)25-19-17-15-8-5-9-16(15)26-20(17)23-12-22-19/h6,12-13H,2-5,7-11H2,1H3,(H,21,24). The maximum Gasteiger partial charge on any atom is 0.233 e. The molecule has 2 aromatic heterocycles. The molecule has 1 atom stereocenters. The van der Waals surface area contributed by atoms with Gasteiger partial charge in [-0.2, -0.15) is 0 Å². The van der Waals surface area contributed by atoms with Gasteiger partial charge in [0.15, 0.2) is 0 Å². The maximum atomic E-state index is 12.5. The largest absolute Gasteiger partial charge is 0.355 e. The van der Waals surface area contributed by atoms with Crippen LogP contribution in [0.25, 0.3) is 10.2 Å². The Balaban J connectivity index is 1.38. The highest BCUT2D eigenvalue weighted by atomic mass is 32.2. The summed E-state index contributed by atoms with van der Waals surface area (Å²) in [6, 6.07) is 0. The summed E-state index contributed by atoms with van der Waals surface area (Å²) in [4.78, 5) is 24.0. The smallest absolute Gasteiger partial charge is 0.233 e. The van der Waals surface area contributed by atoms with Gasteiger partial charge in [-0.3, -0.25) is 4.79 Å². The van der Waals surface area contributed by atoms with E-state index in [4.69, 9.17) is 0 Å². The summed E-state index contributed by atoms with van der Waals surface area (Å²) in [6.07, 6.45) is 13.5. The number of fused-ring (bicyclic) bond motifs is 3. The molecule has 0 bridgehead atoms. The van der Waals surface area contributed by atoms with Crippen molar-refractivity contribution in [3.05, 3.63) is 28.4 Å². The molecular weight excluding hydrogens is 362 g/mol. The van der Waals surface area contributed by atoms with Crippen LogP contribution in [0, 0.1) is 0 Å². The minimum Gasteiger partial charge on any atom is -0.355 e. The molecule has 1 amide bonds. The number of carbonyl (C=O) groups is 1. The monoisotopic (exact) mass is 387 g/mol. The van der Waals surface area contributed by atoms with Gasteiger partial charge in [0.1, 0.15) is 16.2 Å². The molecule has 4 nitrogen and oxygen atoms in total. The van der Waals surface area contributed by atoms with Crippen molar-refractivity contribution in [2.75, 3.05) is 6.54 Å². The van der Waals surface area contributed by atoms with Crippen molar-refractivity contribution >= 4 is 39.2 Å². The van der Waals surface area contributed by atoms with Gasteiger partial charge in [0.25, 0.3) is 0 Å². The fraction of sp³-hybridized carbons (Fsp3) is 0.550. The number of hydrogen-bond acceptors (Lipinski definition) is 5. The van der Waals surface area contributed by atoms with Crippen LogP contribution in [0.4, 0.5) is 0 Å². The van der Waals surface area contributed by atoms with Crippen molar-refractivity contribution in [1.29, 1.82) is 0 Å². The summed E-state index contributed by atoms with van der Waals surface area (Å²) in [5.74, 6) is 0.102. The van der Waals surface area contributed by atoms with Crippen molar-refractivity contribution in [3.63, 3.8) is 0 Å². The molecule has 2 aliphatic carbocycles. The summed E-state index contributed by atoms with van der Waals surface area (Å²) in [6.45, 7) is 2.71. The zero-order chi connectivity index (χ0) is 17.9. The fourth-order valence-corrected chi connectivity index (χ4v) is 6.10. The van der Waals surface area contributed by atoms with Gasteiger partial charge < -0.3 is 5.32 Å². The molecule has 0 saturated heterocycles. The SMILES string of the molecule is CC(Sc1ncnc2sc3c(c12)CCC3)C(=O)NCCC1=CCCCC1. The Morgan fingerprint density at radius 1 is 1.27 bits per heavy atom. The number of allylic oxidation sites excluding steroid dienone is 1. The summed E-state index contributed by atoms with van der Waals surface area (Å²) in [5, 5.41) is 5.12. The lowest BCUT2D eigenvalue weighted by atomic mass is 9.97. The van der Waals surface area contributed by atoms with Gasteiger partial charge in [0, 0.05) is 16.8 Å². The second-order valence-corrected chi connectivity index (χ2v) is 9.54. The van der Waals surface area contributed by atoms with Gasteiger partial charge in [0.05, 0.1) is 5.25 Å². The molecular formula is C20H25N3OS2. The van der Waals surface area contributed by atoms with Crippen LogP contribution in [-0.2, 0) is 17.6 Å². The van der Waals surface area contributed by atoms with E-state index in [1.54, 1.807) is 29.4 Å². The predicted molar refractivity (Wildman–Crippen MR) is 109 cm³/mol. The lowest BCUT2D eigenvalue weighted by Gasteiger charge is -2.15. The third-order valence-corrected chi connectivity index (χ3v) is 7.55. The summed E-state index contributed by atoms with van der Waals surface area (Å²) >= 11 is 3.36.